The third kappa shape index (κ3) is 3.99. The van der Waals surface area contributed by atoms with Gasteiger partial charge in [-0.3, -0.25) is 0 Å². The molecule has 0 spiro atoms. The molecule has 0 amide bonds. The first-order chi connectivity index (χ1) is 8.93. The number of phenols is 1. The van der Waals surface area contributed by atoms with E-state index in [9.17, 15) is 15.0 Å². The van der Waals surface area contributed by atoms with E-state index >= 15 is 0 Å². The molecule has 0 radical (unpaired) electrons. The average molecular weight is 277 g/mol. The molecule has 0 saturated carbocycles. The van der Waals surface area contributed by atoms with E-state index in [4.69, 9.17) is 0 Å². The maximum atomic E-state index is 10.7. The van der Waals surface area contributed by atoms with Crippen molar-refractivity contribution < 1.29 is 15.0 Å². The number of carboxylic acid groups (broad SMARTS) is 1. The van der Waals surface area contributed by atoms with Crippen LogP contribution in [0.15, 0.2) is 12.1 Å². The van der Waals surface area contributed by atoms with E-state index < -0.39 is 5.97 Å². The Morgan fingerprint density at radius 1 is 1.10 bits per heavy atom. The number of hydrogen-bond acceptors (Lipinski definition) is 3. The summed E-state index contributed by atoms with van der Waals surface area (Å²) in [6.45, 7) is 12.4. The number of phenolic OH excluding ortho intramolecular Hbond substituents is 1. The third-order valence-corrected chi connectivity index (χ3v) is 3.46. The zero-order chi connectivity index (χ0) is 15.7. The van der Waals surface area contributed by atoms with Crippen LogP contribution in [-0.4, -0.2) is 11.1 Å². The number of aryl methyl sites for hydroxylation is 1. The van der Waals surface area contributed by atoms with Gasteiger partial charge in [0.15, 0.2) is 0 Å². The lowest BCUT2D eigenvalue weighted by Gasteiger charge is -2.27. The monoisotopic (exact) mass is 277 g/mol. The fourth-order valence-electron chi connectivity index (χ4n) is 2.13. The van der Waals surface area contributed by atoms with Crippen molar-refractivity contribution in [1.82, 2.24) is 0 Å². The standard InChI is InChI=1S/C17H26O3/c1-16(2,3)12-9-11(7-8-14(18)19)15(20)13(10-12)17(4,5)6/h9-10,20H,7-8H2,1-6H3,(H,18,19)/p-1. The number of benzene rings is 1. The van der Waals surface area contributed by atoms with Gasteiger partial charge in [0, 0.05) is 5.97 Å². The Balaban J connectivity index is 3.39. The average Bonchev–Trinajstić information content (AvgIpc) is 2.24. The summed E-state index contributed by atoms with van der Waals surface area (Å²) in [5, 5.41) is 21.1. The number of rotatable bonds is 3. The second kappa shape index (κ2) is 5.47. The lowest BCUT2D eigenvalue weighted by molar-refractivity contribution is -0.305. The van der Waals surface area contributed by atoms with Crippen molar-refractivity contribution in [1.29, 1.82) is 0 Å². The molecule has 0 saturated heterocycles. The van der Waals surface area contributed by atoms with Gasteiger partial charge in [-0.25, -0.2) is 0 Å². The SMILES string of the molecule is CC(C)(C)c1cc(CCC(=O)[O-])c(O)c(C(C)(C)C)c1. The molecule has 3 heteroatoms. The van der Waals surface area contributed by atoms with E-state index in [2.05, 4.69) is 20.8 Å². The molecule has 0 aliphatic heterocycles. The van der Waals surface area contributed by atoms with Crippen LogP contribution in [0.4, 0.5) is 0 Å². The molecule has 0 aliphatic rings. The minimum absolute atomic E-state index is 0.0517. The fourth-order valence-corrected chi connectivity index (χ4v) is 2.13. The number of aromatic hydroxyl groups is 1. The summed E-state index contributed by atoms with van der Waals surface area (Å²) >= 11 is 0. The van der Waals surface area contributed by atoms with Crippen LogP contribution in [0.25, 0.3) is 0 Å². The highest BCUT2D eigenvalue weighted by Crippen LogP contribution is 2.38. The van der Waals surface area contributed by atoms with E-state index in [0.29, 0.717) is 12.0 Å². The molecule has 112 valence electrons. The number of aliphatic carboxylic acids is 1. The predicted octanol–water partition coefficient (Wildman–Crippen LogP) is 2.67. The summed E-state index contributed by atoms with van der Waals surface area (Å²) in [5.41, 5.74) is 2.41. The topological polar surface area (TPSA) is 60.4 Å². The van der Waals surface area contributed by atoms with Gasteiger partial charge in [0.25, 0.3) is 0 Å². The van der Waals surface area contributed by atoms with Crippen LogP contribution in [0.3, 0.4) is 0 Å². The van der Waals surface area contributed by atoms with Gasteiger partial charge in [0.2, 0.25) is 0 Å². The summed E-state index contributed by atoms with van der Waals surface area (Å²) in [5.74, 6) is -0.880. The molecule has 20 heavy (non-hydrogen) atoms. The van der Waals surface area contributed by atoms with Crippen LogP contribution in [0.2, 0.25) is 0 Å². The molecular weight excluding hydrogens is 252 g/mol. The summed E-state index contributed by atoms with van der Waals surface area (Å²) < 4.78 is 0. The number of hydrogen-bond donors (Lipinski definition) is 1. The van der Waals surface area contributed by atoms with E-state index in [-0.39, 0.29) is 23.0 Å². The zero-order valence-corrected chi connectivity index (χ0v) is 13.3. The lowest BCUT2D eigenvalue weighted by Crippen LogP contribution is -2.23. The second-order valence-corrected chi connectivity index (χ2v) is 7.40. The Bertz CT molecular complexity index is 502. The Labute approximate surface area is 121 Å². The van der Waals surface area contributed by atoms with Gasteiger partial charge in [-0.05, 0) is 40.4 Å². The predicted molar refractivity (Wildman–Crippen MR) is 78.8 cm³/mol. The van der Waals surface area contributed by atoms with Crippen molar-refractivity contribution in [2.75, 3.05) is 0 Å². The van der Waals surface area contributed by atoms with Crippen molar-refractivity contribution in [3.05, 3.63) is 28.8 Å². The Hall–Kier alpha value is -1.51. The van der Waals surface area contributed by atoms with Crippen molar-refractivity contribution in [3.8, 4) is 5.75 Å². The minimum Gasteiger partial charge on any atom is -0.550 e. The molecule has 0 atom stereocenters. The summed E-state index contributed by atoms with van der Waals surface area (Å²) in [6, 6.07) is 3.94. The van der Waals surface area contributed by atoms with E-state index in [1.165, 1.54) is 0 Å². The zero-order valence-electron chi connectivity index (χ0n) is 13.3. The highest BCUT2D eigenvalue weighted by molar-refractivity contribution is 5.65. The van der Waals surface area contributed by atoms with E-state index in [0.717, 1.165) is 11.1 Å². The fraction of sp³-hybridized carbons (Fsp3) is 0.588. The number of carboxylic acids is 1. The maximum Gasteiger partial charge on any atom is 0.122 e. The molecule has 0 aliphatic carbocycles. The molecule has 0 fully saturated rings. The van der Waals surface area contributed by atoms with Gasteiger partial charge in [-0.15, -0.1) is 0 Å². The quantitative estimate of drug-likeness (QED) is 0.924. The Morgan fingerprint density at radius 3 is 2.05 bits per heavy atom. The van der Waals surface area contributed by atoms with Gasteiger partial charge in [0.05, 0.1) is 0 Å². The van der Waals surface area contributed by atoms with Gasteiger partial charge in [0.1, 0.15) is 5.75 Å². The highest BCUT2D eigenvalue weighted by atomic mass is 16.4. The molecule has 1 aromatic rings. The molecule has 0 unspecified atom stereocenters. The Morgan fingerprint density at radius 2 is 1.65 bits per heavy atom. The van der Waals surface area contributed by atoms with Crippen LogP contribution in [0.1, 0.15) is 64.7 Å². The van der Waals surface area contributed by atoms with E-state index in [1.54, 1.807) is 0 Å². The first-order valence-corrected chi connectivity index (χ1v) is 6.99. The van der Waals surface area contributed by atoms with Gasteiger partial charge in [-0.1, -0.05) is 53.7 Å². The summed E-state index contributed by atoms with van der Waals surface area (Å²) in [4.78, 5) is 10.7. The van der Waals surface area contributed by atoms with Crippen LogP contribution >= 0.6 is 0 Å². The molecule has 3 nitrogen and oxygen atoms in total. The Kier molecular flexibility index (Phi) is 4.52. The van der Waals surface area contributed by atoms with Crippen LogP contribution in [0.5, 0.6) is 5.75 Å². The molecule has 1 aromatic carbocycles. The molecule has 0 aromatic heterocycles. The minimum atomic E-state index is -1.09. The highest BCUT2D eigenvalue weighted by Gasteiger charge is 2.24. The van der Waals surface area contributed by atoms with Crippen LogP contribution in [-0.2, 0) is 22.0 Å². The molecule has 1 N–H and O–H groups in total. The van der Waals surface area contributed by atoms with Crippen molar-refractivity contribution >= 4 is 5.97 Å². The lowest BCUT2D eigenvalue weighted by atomic mass is 9.78. The van der Waals surface area contributed by atoms with Gasteiger partial charge in [-0.2, -0.15) is 0 Å². The van der Waals surface area contributed by atoms with E-state index in [1.807, 2.05) is 32.9 Å². The summed E-state index contributed by atoms with van der Waals surface area (Å²) in [6.07, 6.45) is 0.214. The summed E-state index contributed by atoms with van der Waals surface area (Å²) in [7, 11) is 0. The maximum absolute atomic E-state index is 10.7. The normalized spacial score (nSPS) is 12.5. The number of carbonyl (C=O) groups is 1. The molecule has 0 heterocycles. The van der Waals surface area contributed by atoms with Crippen LogP contribution in [0, 0.1) is 0 Å². The molecule has 1 rings (SSSR count). The van der Waals surface area contributed by atoms with Crippen LogP contribution < -0.4 is 5.11 Å². The molecule has 0 bridgehead atoms. The largest absolute Gasteiger partial charge is 0.550 e. The van der Waals surface area contributed by atoms with Gasteiger partial charge < -0.3 is 15.0 Å². The van der Waals surface area contributed by atoms with Crippen molar-refractivity contribution in [3.63, 3.8) is 0 Å². The second-order valence-electron chi connectivity index (χ2n) is 7.40. The first kappa shape index (κ1) is 16.5. The molecular formula is C17H25O3-. The number of carbonyl (C=O) groups excluding carboxylic acids is 1. The smallest absolute Gasteiger partial charge is 0.122 e. The van der Waals surface area contributed by atoms with Crippen molar-refractivity contribution in [2.24, 2.45) is 0 Å². The van der Waals surface area contributed by atoms with Gasteiger partial charge >= 0.3 is 0 Å². The third-order valence-electron chi connectivity index (χ3n) is 3.46. The van der Waals surface area contributed by atoms with Crippen molar-refractivity contribution in [2.45, 2.75) is 65.2 Å². The first-order valence-electron chi connectivity index (χ1n) is 6.99.